The minimum atomic E-state index is -5.56. The summed E-state index contributed by atoms with van der Waals surface area (Å²) in [4.78, 5) is 10.9. The highest BCUT2D eigenvalue weighted by molar-refractivity contribution is 7.86. The van der Waals surface area contributed by atoms with Crippen molar-refractivity contribution in [3.8, 4) is 0 Å². The van der Waals surface area contributed by atoms with Crippen molar-refractivity contribution in [1.82, 2.24) is 0 Å². The molecule has 0 aliphatic carbocycles. The van der Waals surface area contributed by atoms with E-state index in [0.29, 0.717) is 0 Å². The van der Waals surface area contributed by atoms with Gasteiger partial charge in [0, 0.05) is 5.57 Å². The van der Waals surface area contributed by atoms with Gasteiger partial charge in [-0.15, -0.1) is 0 Å². The largest absolute Gasteiger partial charge is 0.433 e. The Balaban J connectivity index is 4.31. The predicted molar refractivity (Wildman–Crippen MR) is 52.8 cm³/mol. The number of halogens is 2. The van der Waals surface area contributed by atoms with Crippen LogP contribution >= 0.6 is 0 Å². The lowest BCUT2D eigenvalue weighted by atomic mass is 10.4. The SMILES string of the molecule is C=C(C)C(=O)OC(C)OCC(F)(F)S(=O)(=O)O. The molecule has 0 aromatic heterocycles. The van der Waals surface area contributed by atoms with Crippen LogP contribution in [0.2, 0.25) is 0 Å². The Morgan fingerprint density at radius 3 is 2.35 bits per heavy atom. The Bertz CT molecular complexity index is 402. The van der Waals surface area contributed by atoms with E-state index in [1.165, 1.54) is 6.92 Å². The minimum Gasteiger partial charge on any atom is -0.433 e. The van der Waals surface area contributed by atoms with E-state index in [1.54, 1.807) is 0 Å². The fourth-order valence-electron chi connectivity index (χ4n) is 0.574. The first-order chi connectivity index (χ1) is 7.47. The first-order valence-electron chi connectivity index (χ1n) is 4.30. The quantitative estimate of drug-likeness (QED) is 0.335. The molecule has 0 rings (SSSR count). The first-order valence-corrected chi connectivity index (χ1v) is 5.74. The molecule has 0 saturated carbocycles. The molecule has 0 saturated heterocycles. The van der Waals surface area contributed by atoms with E-state index in [9.17, 15) is 22.0 Å². The van der Waals surface area contributed by atoms with Crippen molar-refractivity contribution in [3.05, 3.63) is 12.2 Å². The minimum absolute atomic E-state index is 0.0296. The molecule has 1 atom stereocenters. The number of carbonyl (C=O) groups excluding carboxylic acids is 1. The van der Waals surface area contributed by atoms with Gasteiger partial charge < -0.3 is 9.47 Å². The highest BCUT2D eigenvalue weighted by Crippen LogP contribution is 2.21. The van der Waals surface area contributed by atoms with Crippen LogP contribution in [0.25, 0.3) is 0 Å². The Labute approximate surface area is 97.0 Å². The number of hydrogen-bond donors (Lipinski definition) is 1. The smallest absolute Gasteiger partial charge is 0.392 e. The molecule has 9 heteroatoms. The van der Waals surface area contributed by atoms with Crippen molar-refractivity contribution >= 4 is 16.1 Å². The van der Waals surface area contributed by atoms with Crippen LogP contribution in [0.5, 0.6) is 0 Å². The van der Waals surface area contributed by atoms with Gasteiger partial charge in [0.2, 0.25) is 6.29 Å². The van der Waals surface area contributed by atoms with Gasteiger partial charge in [0.25, 0.3) is 0 Å². The Hall–Kier alpha value is -1.06. The Morgan fingerprint density at radius 2 is 2.00 bits per heavy atom. The van der Waals surface area contributed by atoms with Crippen LogP contribution in [0.15, 0.2) is 12.2 Å². The average molecular weight is 274 g/mol. The van der Waals surface area contributed by atoms with Gasteiger partial charge in [-0.3, -0.25) is 4.55 Å². The molecule has 0 aliphatic heterocycles. The average Bonchev–Trinajstić information content (AvgIpc) is 2.12. The van der Waals surface area contributed by atoms with Crippen LogP contribution in [-0.2, 0) is 24.4 Å². The third-order valence-corrected chi connectivity index (χ3v) is 2.36. The number of ether oxygens (including phenoxy) is 2. The standard InChI is InChI=1S/C8H12F2O6S/c1-5(2)7(11)16-6(3)15-4-8(9,10)17(12,13)14/h6H,1,4H2,2-3H3,(H,12,13,14). The fourth-order valence-corrected chi connectivity index (χ4v) is 0.791. The molecular weight excluding hydrogens is 262 g/mol. The van der Waals surface area contributed by atoms with Crippen molar-refractivity contribution in [1.29, 1.82) is 0 Å². The number of carbonyl (C=O) groups is 1. The van der Waals surface area contributed by atoms with Crippen molar-refractivity contribution in [2.24, 2.45) is 0 Å². The van der Waals surface area contributed by atoms with Gasteiger partial charge in [-0.25, -0.2) is 4.79 Å². The van der Waals surface area contributed by atoms with E-state index in [0.717, 1.165) is 6.92 Å². The third-order valence-electron chi connectivity index (χ3n) is 1.48. The van der Waals surface area contributed by atoms with E-state index in [4.69, 9.17) is 4.55 Å². The molecular formula is C8H12F2O6S. The molecule has 0 aromatic rings. The summed E-state index contributed by atoms with van der Waals surface area (Å²) in [6.07, 6.45) is -1.40. The molecule has 0 radical (unpaired) electrons. The summed E-state index contributed by atoms with van der Waals surface area (Å²) in [5.41, 5.74) is 0.0296. The Morgan fingerprint density at radius 1 is 1.53 bits per heavy atom. The molecule has 0 bridgehead atoms. The molecule has 0 fully saturated rings. The summed E-state index contributed by atoms with van der Waals surface area (Å²) in [7, 11) is -5.56. The normalized spacial score (nSPS) is 14.2. The zero-order valence-corrected chi connectivity index (χ0v) is 9.96. The molecule has 0 heterocycles. The lowest BCUT2D eigenvalue weighted by Gasteiger charge is -2.17. The molecule has 1 N–H and O–H groups in total. The number of rotatable bonds is 6. The fraction of sp³-hybridized carbons (Fsp3) is 0.625. The highest BCUT2D eigenvalue weighted by atomic mass is 32.2. The molecule has 6 nitrogen and oxygen atoms in total. The second-order valence-corrected chi connectivity index (χ2v) is 4.72. The second-order valence-electron chi connectivity index (χ2n) is 3.18. The maximum atomic E-state index is 12.7. The van der Waals surface area contributed by atoms with Gasteiger partial charge in [-0.1, -0.05) is 6.58 Å². The summed E-state index contributed by atoms with van der Waals surface area (Å²) < 4.78 is 62.6. The zero-order chi connectivity index (χ0) is 13.9. The summed E-state index contributed by atoms with van der Waals surface area (Å²) in [6.45, 7) is 4.06. The van der Waals surface area contributed by atoms with Crippen molar-refractivity contribution in [3.63, 3.8) is 0 Å². The predicted octanol–water partition coefficient (Wildman–Crippen LogP) is 0.949. The van der Waals surface area contributed by atoms with Gasteiger partial charge in [-0.05, 0) is 13.8 Å². The topological polar surface area (TPSA) is 89.9 Å². The summed E-state index contributed by atoms with van der Waals surface area (Å²) in [5.74, 6) is -0.868. The van der Waals surface area contributed by atoms with E-state index in [-0.39, 0.29) is 5.57 Å². The monoisotopic (exact) mass is 274 g/mol. The first kappa shape index (κ1) is 15.9. The number of esters is 1. The van der Waals surface area contributed by atoms with Gasteiger partial charge >= 0.3 is 21.3 Å². The van der Waals surface area contributed by atoms with Crippen LogP contribution in [0.4, 0.5) is 8.78 Å². The lowest BCUT2D eigenvalue weighted by molar-refractivity contribution is -0.179. The molecule has 0 spiro atoms. The molecule has 0 aliphatic rings. The molecule has 17 heavy (non-hydrogen) atoms. The lowest BCUT2D eigenvalue weighted by Crippen LogP contribution is -2.35. The summed E-state index contributed by atoms with van der Waals surface area (Å²) >= 11 is 0. The van der Waals surface area contributed by atoms with Gasteiger partial charge in [0.15, 0.2) is 0 Å². The van der Waals surface area contributed by atoms with Gasteiger partial charge in [-0.2, -0.15) is 17.2 Å². The number of alkyl halides is 2. The molecule has 1 unspecified atom stereocenters. The van der Waals surface area contributed by atoms with E-state index >= 15 is 0 Å². The van der Waals surface area contributed by atoms with E-state index in [2.05, 4.69) is 16.1 Å². The maximum Gasteiger partial charge on any atom is 0.392 e. The maximum absolute atomic E-state index is 12.7. The van der Waals surface area contributed by atoms with Crippen LogP contribution in [0.1, 0.15) is 13.8 Å². The van der Waals surface area contributed by atoms with Crippen LogP contribution in [0, 0.1) is 0 Å². The van der Waals surface area contributed by atoms with Gasteiger partial charge in [0.05, 0.1) is 0 Å². The Kier molecular flexibility index (Phi) is 5.17. The molecule has 0 amide bonds. The van der Waals surface area contributed by atoms with Crippen molar-refractivity contribution in [2.75, 3.05) is 6.61 Å². The molecule has 100 valence electrons. The highest BCUT2D eigenvalue weighted by Gasteiger charge is 2.45. The summed E-state index contributed by atoms with van der Waals surface area (Å²) in [5, 5.41) is -4.46. The van der Waals surface area contributed by atoms with Crippen molar-refractivity contribution < 1.29 is 36.0 Å². The molecule has 0 aromatic carbocycles. The van der Waals surface area contributed by atoms with Gasteiger partial charge in [0.1, 0.15) is 6.61 Å². The van der Waals surface area contributed by atoms with Crippen LogP contribution < -0.4 is 0 Å². The summed E-state index contributed by atoms with van der Waals surface area (Å²) in [6, 6.07) is 0. The van der Waals surface area contributed by atoms with Crippen LogP contribution in [0.3, 0.4) is 0 Å². The van der Waals surface area contributed by atoms with Crippen LogP contribution in [-0.4, -0.2) is 37.1 Å². The van der Waals surface area contributed by atoms with Crippen molar-refractivity contribution in [2.45, 2.75) is 25.4 Å². The zero-order valence-electron chi connectivity index (χ0n) is 9.14. The van der Waals surface area contributed by atoms with E-state index < -0.39 is 34.2 Å². The second kappa shape index (κ2) is 5.52. The number of hydrogen-bond acceptors (Lipinski definition) is 5. The van der Waals surface area contributed by atoms with E-state index in [1.807, 2.05) is 0 Å². The third kappa shape index (κ3) is 5.20.